The summed E-state index contributed by atoms with van der Waals surface area (Å²) in [6, 6.07) is 7.22. The minimum absolute atomic E-state index is 0.533. The van der Waals surface area contributed by atoms with Crippen LogP contribution in [0.15, 0.2) is 41.1 Å². The van der Waals surface area contributed by atoms with E-state index < -0.39 is 0 Å². The van der Waals surface area contributed by atoms with Gasteiger partial charge in [-0.05, 0) is 24.3 Å². The molecule has 0 aliphatic rings. The van der Waals surface area contributed by atoms with E-state index in [4.69, 9.17) is 4.42 Å². The van der Waals surface area contributed by atoms with Gasteiger partial charge in [0.2, 0.25) is 0 Å². The second-order valence-corrected chi connectivity index (χ2v) is 3.65. The van der Waals surface area contributed by atoms with E-state index in [-0.39, 0.29) is 0 Å². The van der Waals surface area contributed by atoms with Gasteiger partial charge in [0, 0.05) is 6.20 Å². The van der Waals surface area contributed by atoms with Crippen molar-refractivity contribution in [2.24, 2.45) is 0 Å². The first kappa shape index (κ1) is 9.77. The number of hydrogen-bond acceptors (Lipinski definition) is 4. The van der Waals surface area contributed by atoms with Gasteiger partial charge in [-0.15, -0.1) is 10.2 Å². The topological polar surface area (TPSA) is 60.4 Å². The molecule has 3 rings (SSSR count). The summed E-state index contributed by atoms with van der Waals surface area (Å²) >= 11 is 0. The third-order valence-electron chi connectivity index (χ3n) is 2.57. The summed E-state index contributed by atoms with van der Waals surface area (Å²) in [6.45, 7) is 0. The van der Waals surface area contributed by atoms with E-state index in [0.717, 1.165) is 17.9 Å². The monoisotopic (exact) mass is 227 g/mol. The predicted molar refractivity (Wildman–Crippen MR) is 59.9 cm³/mol. The molecule has 0 amide bonds. The van der Waals surface area contributed by atoms with Crippen molar-refractivity contribution in [1.29, 1.82) is 0 Å². The maximum absolute atomic E-state index is 10.8. The molecule has 3 aromatic heterocycles. The lowest BCUT2D eigenvalue weighted by Crippen LogP contribution is -1.96. The van der Waals surface area contributed by atoms with Crippen LogP contribution in [0.2, 0.25) is 0 Å². The van der Waals surface area contributed by atoms with Crippen LogP contribution in [0.3, 0.4) is 0 Å². The van der Waals surface area contributed by atoms with Crippen LogP contribution in [0, 0.1) is 0 Å². The summed E-state index contributed by atoms with van der Waals surface area (Å²) in [7, 11) is 0. The lowest BCUT2D eigenvalue weighted by molar-refractivity contribution is 0.112. The van der Waals surface area contributed by atoms with E-state index in [2.05, 4.69) is 10.2 Å². The highest BCUT2D eigenvalue weighted by Gasteiger charge is 2.10. The van der Waals surface area contributed by atoms with Gasteiger partial charge in [0.25, 0.3) is 0 Å². The summed E-state index contributed by atoms with van der Waals surface area (Å²) in [5, 5.41) is 8.08. The first-order chi connectivity index (χ1) is 8.38. The Hall–Kier alpha value is -2.43. The SMILES string of the molecule is O=Cc1cccn2c(Cc3ccco3)nnc12. The van der Waals surface area contributed by atoms with E-state index in [1.54, 1.807) is 22.8 Å². The minimum atomic E-state index is 0.533. The summed E-state index contributed by atoms with van der Waals surface area (Å²) < 4.78 is 7.06. The quantitative estimate of drug-likeness (QED) is 0.639. The van der Waals surface area contributed by atoms with Crippen molar-refractivity contribution >= 4 is 11.9 Å². The van der Waals surface area contributed by atoms with Crippen molar-refractivity contribution < 1.29 is 9.21 Å². The first-order valence-electron chi connectivity index (χ1n) is 5.18. The third kappa shape index (κ3) is 1.61. The molecule has 0 N–H and O–H groups in total. The molecule has 3 aromatic rings. The Bertz CT molecular complexity index is 656. The molecule has 0 atom stereocenters. The molecule has 5 nitrogen and oxygen atoms in total. The summed E-state index contributed by atoms with van der Waals surface area (Å²) in [4.78, 5) is 10.8. The zero-order valence-corrected chi connectivity index (χ0v) is 8.91. The van der Waals surface area contributed by atoms with Crippen molar-refractivity contribution in [2.75, 3.05) is 0 Å². The molecule has 0 saturated carbocycles. The fourth-order valence-corrected chi connectivity index (χ4v) is 1.77. The number of furan rings is 1. The number of rotatable bonds is 3. The standard InChI is InChI=1S/C12H9N3O2/c16-8-9-3-1-5-15-11(13-14-12(9)15)7-10-4-2-6-17-10/h1-6,8H,7H2. The van der Waals surface area contributed by atoms with Crippen LogP contribution >= 0.6 is 0 Å². The van der Waals surface area contributed by atoms with Crippen LogP contribution in [0.4, 0.5) is 0 Å². The van der Waals surface area contributed by atoms with E-state index in [9.17, 15) is 4.79 Å². The van der Waals surface area contributed by atoms with Gasteiger partial charge in [-0.1, -0.05) is 0 Å². The van der Waals surface area contributed by atoms with Crippen LogP contribution < -0.4 is 0 Å². The molecule has 0 bridgehead atoms. The highest BCUT2D eigenvalue weighted by molar-refractivity contribution is 5.83. The van der Waals surface area contributed by atoms with Crippen LogP contribution in [-0.2, 0) is 6.42 Å². The van der Waals surface area contributed by atoms with Crippen LogP contribution in [0.1, 0.15) is 21.9 Å². The summed E-state index contributed by atoms with van der Waals surface area (Å²) in [5.41, 5.74) is 1.11. The third-order valence-corrected chi connectivity index (χ3v) is 2.57. The van der Waals surface area contributed by atoms with E-state index in [1.807, 2.05) is 18.3 Å². The number of nitrogens with zero attached hydrogens (tertiary/aromatic N) is 3. The number of fused-ring (bicyclic) bond motifs is 1. The fraction of sp³-hybridized carbons (Fsp3) is 0.0833. The molecule has 0 spiro atoms. The van der Waals surface area contributed by atoms with Gasteiger partial charge < -0.3 is 4.42 Å². The van der Waals surface area contributed by atoms with Gasteiger partial charge in [-0.3, -0.25) is 9.20 Å². The Kier molecular flexibility index (Phi) is 2.22. The average molecular weight is 227 g/mol. The van der Waals surface area contributed by atoms with Gasteiger partial charge >= 0.3 is 0 Å². The van der Waals surface area contributed by atoms with E-state index in [1.165, 1.54) is 0 Å². The maximum atomic E-state index is 10.8. The Balaban J connectivity index is 2.09. The number of aromatic nitrogens is 3. The summed E-state index contributed by atoms with van der Waals surface area (Å²) in [6.07, 6.45) is 4.78. The van der Waals surface area contributed by atoms with Crippen molar-refractivity contribution in [1.82, 2.24) is 14.6 Å². The maximum Gasteiger partial charge on any atom is 0.171 e. The van der Waals surface area contributed by atoms with Gasteiger partial charge in [-0.25, -0.2) is 0 Å². The van der Waals surface area contributed by atoms with E-state index >= 15 is 0 Å². The van der Waals surface area contributed by atoms with E-state index in [0.29, 0.717) is 17.6 Å². The highest BCUT2D eigenvalue weighted by atomic mass is 16.3. The molecule has 0 aliphatic heterocycles. The lowest BCUT2D eigenvalue weighted by atomic mass is 10.3. The first-order valence-corrected chi connectivity index (χ1v) is 5.18. The molecule has 0 fully saturated rings. The molecule has 0 aliphatic carbocycles. The Morgan fingerprint density at radius 3 is 3.00 bits per heavy atom. The molecule has 0 unspecified atom stereocenters. The lowest BCUT2D eigenvalue weighted by Gasteiger charge is -1.98. The van der Waals surface area contributed by atoms with Crippen molar-refractivity contribution in [3.05, 3.63) is 53.9 Å². The fourth-order valence-electron chi connectivity index (χ4n) is 1.77. The molecular formula is C12H9N3O2. The summed E-state index contributed by atoms with van der Waals surface area (Å²) in [5.74, 6) is 1.56. The predicted octanol–water partition coefficient (Wildman–Crippen LogP) is 1.73. The van der Waals surface area contributed by atoms with Crippen molar-refractivity contribution in [3.8, 4) is 0 Å². The minimum Gasteiger partial charge on any atom is -0.469 e. The van der Waals surface area contributed by atoms with Gasteiger partial charge in [0.05, 0.1) is 18.2 Å². The molecule has 0 aromatic carbocycles. The highest BCUT2D eigenvalue weighted by Crippen LogP contribution is 2.12. The number of pyridine rings is 1. The number of hydrogen-bond donors (Lipinski definition) is 0. The van der Waals surface area contributed by atoms with Gasteiger partial charge in [-0.2, -0.15) is 0 Å². The number of carbonyl (C=O) groups is 1. The van der Waals surface area contributed by atoms with Crippen molar-refractivity contribution in [3.63, 3.8) is 0 Å². The average Bonchev–Trinajstić information content (AvgIpc) is 2.99. The normalized spacial score (nSPS) is 10.8. The molecule has 5 heteroatoms. The molecule has 0 radical (unpaired) electrons. The molecular weight excluding hydrogens is 218 g/mol. The Labute approximate surface area is 96.7 Å². The number of aldehydes is 1. The zero-order chi connectivity index (χ0) is 11.7. The molecule has 0 saturated heterocycles. The smallest absolute Gasteiger partial charge is 0.171 e. The largest absolute Gasteiger partial charge is 0.469 e. The zero-order valence-electron chi connectivity index (χ0n) is 8.91. The van der Waals surface area contributed by atoms with Crippen molar-refractivity contribution in [2.45, 2.75) is 6.42 Å². The Morgan fingerprint density at radius 1 is 1.29 bits per heavy atom. The van der Waals surface area contributed by atoms with Gasteiger partial charge in [0.15, 0.2) is 11.9 Å². The second kappa shape index (κ2) is 3.86. The van der Waals surface area contributed by atoms with Gasteiger partial charge in [0.1, 0.15) is 11.6 Å². The second-order valence-electron chi connectivity index (χ2n) is 3.65. The number of carbonyl (C=O) groups excluding carboxylic acids is 1. The molecule has 84 valence electrons. The molecule has 3 heterocycles. The van der Waals surface area contributed by atoms with Crippen LogP contribution in [-0.4, -0.2) is 20.9 Å². The molecule has 17 heavy (non-hydrogen) atoms. The van der Waals surface area contributed by atoms with Crippen LogP contribution in [0.5, 0.6) is 0 Å². The van der Waals surface area contributed by atoms with Crippen LogP contribution in [0.25, 0.3) is 5.65 Å². The Morgan fingerprint density at radius 2 is 2.24 bits per heavy atom.